The average Bonchev–Trinajstić information content (AvgIpc) is 2.99. The molecule has 0 fully saturated rings. The smallest absolute Gasteiger partial charge is 0.490 e. The second-order valence-corrected chi connectivity index (χ2v) is 9.40. The maximum atomic E-state index is 13.5. The first-order chi connectivity index (χ1) is 21.3. The van der Waals surface area contributed by atoms with E-state index in [2.05, 4.69) is 20.9 Å². The Morgan fingerprint density at radius 1 is 0.933 bits per heavy atom. The van der Waals surface area contributed by atoms with E-state index in [1.165, 1.54) is 43.5 Å². The van der Waals surface area contributed by atoms with Crippen molar-refractivity contribution in [1.29, 1.82) is 5.41 Å². The Kier molecular flexibility index (Phi) is 12.0. The molecule has 3 aromatic rings. The molecule has 2 amide bonds. The summed E-state index contributed by atoms with van der Waals surface area (Å²) in [5, 5.41) is 10.6. The lowest BCUT2D eigenvalue weighted by atomic mass is 10.0. The van der Waals surface area contributed by atoms with Crippen LogP contribution in [0.1, 0.15) is 34.5 Å². The monoisotopic (exact) mass is 651 g/mol. The molecule has 3 aromatic carbocycles. The molecule has 240 valence electrons. The Morgan fingerprint density at radius 3 is 2.31 bits per heavy atom. The van der Waals surface area contributed by atoms with Gasteiger partial charge in [0.2, 0.25) is 0 Å². The van der Waals surface area contributed by atoms with E-state index in [-0.39, 0.29) is 46.4 Å². The molecule has 0 bridgehead atoms. The number of methoxy groups -OCH3 is 1. The van der Waals surface area contributed by atoms with Gasteiger partial charge in [-0.2, -0.15) is 13.2 Å². The van der Waals surface area contributed by atoms with Crippen molar-refractivity contribution < 1.29 is 46.5 Å². The number of hydrogen-bond donors (Lipinski definition) is 5. The number of benzene rings is 3. The summed E-state index contributed by atoms with van der Waals surface area (Å²) in [6.07, 6.45) is -5.33. The van der Waals surface area contributed by atoms with E-state index in [4.69, 9.17) is 37.0 Å². The van der Waals surface area contributed by atoms with Crippen LogP contribution in [-0.4, -0.2) is 56.7 Å². The fraction of sp³-hybridized carbons (Fsp3) is 0.241. The van der Waals surface area contributed by atoms with Gasteiger partial charge in [0.1, 0.15) is 24.2 Å². The van der Waals surface area contributed by atoms with Crippen molar-refractivity contribution in [1.82, 2.24) is 10.9 Å². The molecule has 16 heteroatoms. The summed E-state index contributed by atoms with van der Waals surface area (Å²) in [5.41, 5.74) is 10.1. The topological polar surface area (TPSA) is 174 Å². The molecule has 0 aliphatic heterocycles. The number of nitrogen functional groups attached to an aromatic ring is 1. The Labute approximate surface area is 260 Å². The SMILES string of the molecule is CCOc1cc(C(Nc2ccc(C(=N)N)c(OC(=O)C(F)(F)F)c2)C(=O)NNC(=O)c2ccccc2Cl)ccc1OCCOC. The highest BCUT2D eigenvalue weighted by atomic mass is 35.5. The number of hydrazine groups is 1. The number of anilines is 1. The molecular weight excluding hydrogens is 623 g/mol. The summed E-state index contributed by atoms with van der Waals surface area (Å²) in [7, 11) is 1.51. The zero-order valence-electron chi connectivity index (χ0n) is 23.9. The number of amidine groups is 1. The van der Waals surface area contributed by atoms with Crippen LogP contribution in [0.2, 0.25) is 5.02 Å². The number of halogens is 4. The molecule has 1 unspecified atom stereocenters. The fourth-order valence-electron chi connectivity index (χ4n) is 3.77. The van der Waals surface area contributed by atoms with E-state index in [0.717, 1.165) is 12.1 Å². The van der Waals surface area contributed by atoms with Crippen LogP contribution in [0.4, 0.5) is 18.9 Å². The van der Waals surface area contributed by atoms with Crippen LogP contribution < -0.4 is 36.1 Å². The second kappa shape index (κ2) is 15.6. The number of amides is 2. The number of nitrogens with one attached hydrogen (secondary N) is 4. The van der Waals surface area contributed by atoms with E-state index in [1.807, 2.05) is 0 Å². The first-order valence-electron chi connectivity index (χ1n) is 13.1. The Bertz CT molecular complexity index is 1550. The third-order valence-electron chi connectivity index (χ3n) is 5.84. The van der Waals surface area contributed by atoms with Crippen LogP contribution in [0.25, 0.3) is 0 Å². The lowest BCUT2D eigenvalue weighted by Gasteiger charge is -2.22. The summed E-state index contributed by atoms with van der Waals surface area (Å²) in [5.74, 6) is -4.84. The van der Waals surface area contributed by atoms with Gasteiger partial charge < -0.3 is 30.0 Å². The Balaban J connectivity index is 1.99. The van der Waals surface area contributed by atoms with Gasteiger partial charge in [0.15, 0.2) is 11.5 Å². The number of alkyl halides is 3. The Morgan fingerprint density at radius 2 is 1.67 bits per heavy atom. The third-order valence-corrected chi connectivity index (χ3v) is 6.17. The molecule has 0 saturated heterocycles. The number of hydrogen-bond acceptors (Lipinski definition) is 9. The minimum absolute atomic E-state index is 0.0130. The fourth-order valence-corrected chi connectivity index (χ4v) is 4.00. The van der Waals surface area contributed by atoms with Crippen molar-refractivity contribution in [3.8, 4) is 17.2 Å². The molecule has 0 aliphatic carbocycles. The van der Waals surface area contributed by atoms with Gasteiger partial charge in [-0.1, -0.05) is 29.8 Å². The molecule has 45 heavy (non-hydrogen) atoms. The van der Waals surface area contributed by atoms with Crippen molar-refractivity contribution >= 4 is 40.9 Å². The third kappa shape index (κ3) is 9.48. The minimum atomic E-state index is -5.33. The zero-order valence-corrected chi connectivity index (χ0v) is 24.7. The first-order valence-corrected chi connectivity index (χ1v) is 13.5. The van der Waals surface area contributed by atoms with Crippen LogP contribution in [0.5, 0.6) is 17.2 Å². The number of esters is 1. The summed E-state index contributed by atoms with van der Waals surface area (Å²) in [6.45, 7) is 2.47. The second-order valence-electron chi connectivity index (χ2n) is 8.99. The first kappa shape index (κ1) is 34.5. The predicted octanol–water partition coefficient (Wildman–Crippen LogP) is 4.13. The van der Waals surface area contributed by atoms with Gasteiger partial charge in [-0.15, -0.1) is 0 Å². The van der Waals surface area contributed by atoms with Crippen LogP contribution >= 0.6 is 11.6 Å². The number of nitrogens with two attached hydrogens (primary N) is 1. The van der Waals surface area contributed by atoms with Crippen LogP contribution in [0.15, 0.2) is 60.7 Å². The number of rotatable bonds is 13. The normalized spacial score (nSPS) is 11.6. The van der Waals surface area contributed by atoms with Crippen molar-refractivity contribution in [2.45, 2.75) is 19.1 Å². The van der Waals surface area contributed by atoms with E-state index >= 15 is 0 Å². The maximum Gasteiger partial charge on any atom is 0.491 e. The highest BCUT2D eigenvalue weighted by molar-refractivity contribution is 6.33. The van der Waals surface area contributed by atoms with Crippen molar-refractivity contribution in [2.75, 3.05) is 32.2 Å². The van der Waals surface area contributed by atoms with E-state index < -0.39 is 41.6 Å². The lowest BCUT2D eigenvalue weighted by Crippen LogP contribution is -2.45. The number of ether oxygens (including phenoxy) is 4. The summed E-state index contributed by atoms with van der Waals surface area (Å²) in [6, 6.07) is 12.7. The molecule has 0 radical (unpaired) electrons. The van der Waals surface area contributed by atoms with E-state index in [0.29, 0.717) is 12.4 Å². The zero-order chi connectivity index (χ0) is 33.1. The van der Waals surface area contributed by atoms with Gasteiger partial charge in [-0.25, -0.2) is 4.79 Å². The molecular formula is C29H29ClF3N5O7. The van der Waals surface area contributed by atoms with Gasteiger partial charge in [0, 0.05) is 18.9 Å². The lowest BCUT2D eigenvalue weighted by molar-refractivity contribution is -0.189. The average molecular weight is 652 g/mol. The summed E-state index contributed by atoms with van der Waals surface area (Å²) < 4.78 is 59.6. The maximum absolute atomic E-state index is 13.5. The van der Waals surface area contributed by atoms with Crippen molar-refractivity contribution in [3.63, 3.8) is 0 Å². The molecule has 1 atom stereocenters. The molecule has 0 heterocycles. The number of carbonyl (C=O) groups excluding carboxylic acids is 3. The molecule has 0 saturated carbocycles. The minimum Gasteiger partial charge on any atom is -0.490 e. The summed E-state index contributed by atoms with van der Waals surface area (Å²) in [4.78, 5) is 37.7. The summed E-state index contributed by atoms with van der Waals surface area (Å²) >= 11 is 6.07. The molecule has 3 rings (SSSR count). The van der Waals surface area contributed by atoms with Crippen LogP contribution in [0, 0.1) is 5.41 Å². The van der Waals surface area contributed by atoms with Gasteiger partial charge in [-0.3, -0.25) is 25.8 Å². The van der Waals surface area contributed by atoms with Gasteiger partial charge in [0.25, 0.3) is 11.8 Å². The number of carbonyl (C=O) groups is 3. The molecule has 12 nitrogen and oxygen atoms in total. The highest BCUT2D eigenvalue weighted by Gasteiger charge is 2.42. The predicted molar refractivity (Wildman–Crippen MR) is 158 cm³/mol. The molecule has 6 N–H and O–H groups in total. The Hall–Kier alpha value is -5.02. The van der Waals surface area contributed by atoms with Crippen molar-refractivity contribution in [2.24, 2.45) is 5.73 Å². The van der Waals surface area contributed by atoms with E-state index in [9.17, 15) is 27.6 Å². The molecule has 0 spiro atoms. The van der Waals surface area contributed by atoms with Gasteiger partial charge in [-0.05, 0) is 48.9 Å². The van der Waals surface area contributed by atoms with Gasteiger partial charge in [0.05, 0.1) is 29.4 Å². The quantitative estimate of drug-likeness (QED) is 0.0455. The van der Waals surface area contributed by atoms with E-state index in [1.54, 1.807) is 19.1 Å². The highest BCUT2D eigenvalue weighted by Crippen LogP contribution is 2.33. The molecule has 0 aromatic heterocycles. The van der Waals surface area contributed by atoms with Crippen LogP contribution in [-0.2, 0) is 14.3 Å². The standard InChI is InChI=1S/C29H29ClF3N5O7/c1-3-43-23-14-16(8-11-21(23)44-13-12-42-2)24(27(40)38-37-26(39)18-6-4-5-7-20(18)30)36-17-9-10-19(25(34)35)22(15-17)45-28(41)29(31,32)33/h4-11,14-15,24,36H,3,12-13H2,1-2H3,(H3,34,35)(H,37,39)(H,38,40). The van der Waals surface area contributed by atoms with Crippen molar-refractivity contribution in [3.05, 3.63) is 82.4 Å². The van der Waals surface area contributed by atoms with Gasteiger partial charge >= 0.3 is 12.1 Å². The largest absolute Gasteiger partial charge is 0.491 e. The molecule has 0 aliphatic rings. The van der Waals surface area contributed by atoms with Crippen LogP contribution in [0.3, 0.4) is 0 Å².